The summed E-state index contributed by atoms with van der Waals surface area (Å²) in [7, 11) is 0. The van der Waals surface area contributed by atoms with E-state index in [0.717, 1.165) is 24.6 Å². The Morgan fingerprint density at radius 2 is 1.47 bits per heavy atom. The van der Waals surface area contributed by atoms with Gasteiger partial charge in [0.05, 0.1) is 5.69 Å². The molecule has 0 spiro atoms. The standard InChI is InChI=1S/C22H20F6N4O2/c1-3-13(2)29-20-31-18(14-6-4-8-16(10-14)33-21(23,24)25)12-19(32-20)30-15-7-5-9-17(11-15)34-22(26,27)28/h4-13H,3H2,1-2H3,(H2,29,30,31,32)/t13-/m1/s1. The Kier molecular flexibility index (Phi) is 7.38. The zero-order valence-corrected chi connectivity index (χ0v) is 18.0. The quantitative estimate of drug-likeness (QED) is 0.338. The van der Waals surface area contributed by atoms with Crippen molar-refractivity contribution in [1.29, 1.82) is 0 Å². The van der Waals surface area contributed by atoms with Crippen molar-refractivity contribution < 1.29 is 35.8 Å². The van der Waals surface area contributed by atoms with Gasteiger partial charge in [0.15, 0.2) is 0 Å². The average molecular weight is 486 g/mol. The maximum absolute atomic E-state index is 12.6. The maximum Gasteiger partial charge on any atom is 0.573 e. The Bertz CT molecular complexity index is 1120. The van der Waals surface area contributed by atoms with Gasteiger partial charge >= 0.3 is 12.7 Å². The van der Waals surface area contributed by atoms with Gasteiger partial charge in [-0.15, -0.1) is 26.3 Å². The Morgan fingerprint density at radius 1 is 0.853 bits per heavy atom. The molecule has 0 aliphatic rings. The lowest BCUT2D eigenvalue weighted by atomic mass is 10.1. The van der Waals surface area contributed by atoms with Crippen molar-refractivity contribution in [1.82, 2.24) is 9.97 Å². The molecule has 1 aromatic heterocycles. The average Bonchev–Trinajstić information content (AvgIpc) is 2.71. The fourth-order valence-electron chi connectivity index (χ4n) is 2.82. The van der Waals surface area contributed by atoms with Gasteiger partial charge in [-0.2, -0.15) is 4.98 Å². The Balaban J connectivity index is 1.96. The predicted molar refractivity (Wildman–Crippen MR) is 114 cm³/mol. The van der Waals surface area contributed by atoms with Crippen LogP contribution < -0.4 is 20.1 Å². The molecule has 2 aromatic carbocycles. The van der Waals surface area contributed by atoms with Gasteiger partial charge in [-0.05, 0) is 37.6 Å². The van der Waals surface area contributed by atoms with E-state index < -0.39 is 24.2 Å². The summed E-state index contributed by atoms with van der Waals surface area (Å²) in [5, 5.41) is 5.95. The van der Waals surface area contributed by atoms with Gasteiger partial charge in [-0.1, -0.05) is 25.1 Å². The van der Waals surface area contributed by atoms with Crippen molar-refractivity contribution in [3.8, 4) is 22.8 Å². The van der Waals surface area contributed by atoms with Crippen LogP contribution in [0, 0.1) is 0 Å². The summed E-state index contributed by atoms with van der Waals surface area (Å²) in [6.07, 6.45) is -8.97. The van der Waals surface area contributed by atoms with E-state index in [1.165, 1.54) is 30.3 Å². The first-order chi connectivity index (χ1) is 15.9. The highest BCUT2D eigenvalue weighted by molar-refractivity contribution is 5.68. The van der Waals surface area contributed by atoms with Crippen LogP contribution >= 0.6 is 0 Å². The van der Waals surface area contributed by atoms with E-state index in [2.05, 4.69) is 30.1 Å². The molecule has 0 saturated heterocycles. The number of nitrogens with zero attached hydrogens (tertiary/aromatic N) is 2. The number of hydrogen-bond acceptors (Lipinski definition) is 6. The molecule has 0 unspecified atom stereocenters. The maximum atomic E-state index is 12.6. The van der Waals surface area contributed by atoms with Crippen LogP contribution in [0.1, 0.15) is 20.3 Å². The molecule has 3 rings (SSSR count). The first kappa shape index (κ1) is 24.9. The van der Waals surface area contributed by atoms with Crippen molar-refractivity contribution in [2.24, 2.45) is 0 Å². The summed E-state index contributed by atoms with van der Waals surface area (Å²) in [6, 6.07) is 11.8. The number of nitrogens with one attached hydrogen (secondary N) is 2. The lowest BCUT2D eigenvalue weighted by Gasteiger charge is -2.16. The number of ether oxygens (including phenoxy) is 2. The van der Waals surface area contributed by atoms with Gasteiger partial charge in [0.2, 0.25) is 5.95 Å². The van der Waals surface area contributed by atoms with E-state index in [4.69, 9.17) is 0 Å². The van der Waals surface area contributed by atoms with Crippen molar-refractivity contribution >= 4 is 17.5 Å². The van der Waals surface area contributed by atoms with E-state index >= 15 is 0 Å². The number of benzene rings is 2. The van der Waals surface area contributed by atoms with Gasteiger partial charge in [0.1, 0.15) is 17.3 Å². The third-order valence-corrected chi connectivity index (χ3v) is 4.42. The van der Waals surface area contributed by atoms with Gasteiger partial charge < -0.3 is 20.1 Å². The van der Waals surface area contributed by atoms with Crippen molar-refractivity contribution in [2.45, 2.75) is 39.0 Å². The minimum absolute atomic E-state index is 0.0217. The molecule has 0 fully saturated rings. The lowest BCUT2D eigenvalue weighted by molar-refractivity contribution is -0.275. The summed E-state index contributed by atoms with van der Waals surface area (Å²) >= 11 is 0. The summed E-state index contributed by atoms with van der Waals surface area (Å²) in [4.78, 5) is 8.68. The monoisotopic (exact) mass is 486 g/mol. The van der Waals surface area contributed by atoms with Crippen LogP contribution in [-0.4, -0.2) is 28.7 Å². The second-order valence-corrected chi connectivity index (χ2v) is 7.19. The van der Waals surface area contributed by atoms with Crippen LogP contribution in [0.4, 0.5) is 43.8 Å². The van der Waals surface area contributed by atoms with E-state index in [1.807, 2.05) is 13.8 Å². The first-order valence-corrected chi connectivity index (χ1v) is 10.0. The van der Waals surface area contributed by atoms with Crippen LogP contribution in [0.15, 0.2) is 54.6 Å². The second kappa shape index (κ2) is 10.1. The van der Waals surface area contributed by atoms with Gasteiger partial charge in [0, 0.05) is 29.4 Å². The first-order valence-electron chi connectivity index (χ1n) is 10.0. The third kappa shape index (κ3) is 7.71. The van der Waals surface area contributed by atoms with E-state index in [9.17, 15) is 26.3 Å². The molecule has 1 heterocycles. The zero-order chi connectivity index (χ0) is 24.9. The molecule has 0 radical (unpaired) electrons. The molecule has 0 aliphatic carbocycles. The van der Waals surface area contributed by atoms with Gasteiger partial charge in [0.25, 0.3) is 0 Å². The summed E-state index contributed by atoms with van der Waals surface area (Å²) in [6.45, 7) is 3.82. The number of alkyl halides is 6. The Morgan fingerprint density at radius 3 is 2.09 bits per heavy atom. The topological polar surface area (TPSA) is 68.3 Å². The predicted octanol–water partition coefficient (Wildman–Crippen LogP) is 6.89. The van der Waals surface area contributed by atoms with Gasteiger partial charge in [-0.3, -0.25) is 0 Å². The van der Waals surface area contributed by atoms with Crippen molar-refractivity contribution in [2.75, 3.05) is 10.6 Å². The van der Waals surface area contributed by atoms with Crippen LogP contribution in [0.5, 0.6) is 11.5 Å². The molecule has 6 nitrogen and oxygen atoms in total. The molecule has 2 N–H and O–H groups in total. The molecular formula is C22H20F6N4O2. The molecule has 3 aromatic rings. The molecular weight excluding hydrogens is 466 g/mol. The molecule has 0 aliphatic heterocycles. The zero-order valence-electron chi connectivity index (χ0n) is 18.0. The lowest BCUT2D eigenvalue weighted by Crippen LogP contribution is -2.17. The highest BCUT2D eigenvalue weighted by Crippen LogP contribution is 2.30. The summed E-state index contributed by atoms with van der Waals surface area (Å²) < 4.78 is 83.3. The fraction of sp³-hybridized carbons (Fsp3) is 0.273. The molecule has 34 heavy (non-hydrogen) atoms. The number of hydrogen-bond donors (Lipinski definition) is 2. The van der Waals surface area contributed by atoms with Gasteiger partial charge in [-0.25, -0.2) is 4.98 Å². The highest BCUT2D eigenvalue weighted by Gasteiger charge is 2.32. The largest absolute Gasteiger partial charge is 0.573 e. The van der Waals surface area contributed by atoms with E-state index in [0.29, 0.717) is 5.56 Å². The fourth-order valence-corrected chi connectivity index (χ4v) is 2.82. The van der Waals surface area contributed by atoms with Crippen LogP contribution in [0.3, 0.4) is 0 Å². The SMILES string of the molecule is CC[C@@H](C)Nc1nc(Nc2cccc(OC(F)(F)F)c2)cc(-c2cccc(OC(F)(F)F)c2)n1. The van der Waals surface area contributed by atoms with E-state index in [-0.39, 0.29) is 29.2 Å². The van der Waals surface area contributed by atoms with Crippen LogP contribution in [-0.2, 0) is 0 Å². The number of halogens is 6. The highest BCUT2D eigenvalue weighted by atomic mass is 19.4. The molecule has 1 atom stereocenters. The molecule has 0 amide bonds. The third-order valence-electron chi connectivity index (χ3n) is 4.42. The van der Waals surface area contributed by atoms with Crippen molar-refractivity contribution in [3.63, 3.8) is 0 Å². The Hall–Kier alpha value is -3.70. The number of anilines is 3. The summed E-state index contributed by atoms with van der Waals surface area (Å²) in [5.74, 6) is -0.477. The number of rotatable bonds is 8. The van der Waals surface area contributed by atoms with E-state index in [1.54, 1.807) is 6.07 Å². The van der Waals surface area contributed by atoms with Crippen molar-refractivity contribution in [3.05, 3.63) is 54.6 Å². The second-order valence-electron chi connectivity index (χ2n) is 7.19. The number of aromatic nitrogens is 2. The normalized spacial score (nSPS) is 12.7. The smallest absolute Gasteiger partial charge is 0.406 e. The molecule has 0 saturated carbocycles. The van der Waals surface area contributed by atoms with Crippen LogP contribution in [0.25, 0.3) is 11.3 Å². The van der Waals surface area contributed by atoms with Crippen LogP contribution in [0.2, 0.25) is 0 Å². The summed E-state index contributed by atoms with van der Waals surface area (Å²) in [5.41, 5.74) is 0.822. The molecule has 182 valence electrons. The minimum Gasteiger partial charge on any atom is -0.406 e. The molecule has 0 bridgehead atoms. The minimum atomic E-state index is -4.86. The molecule has 12 heteroatoms. The Labute approximate surface area is 190 Å².